The predicted molar refractivity (Wildman–Crippen MR) is 129 cm³/mol. The number of halogens is 9. The zero-order chi connectivity index (χ0) is 28.5. The third-order valence-electron chi connectivity index (χ3n) is 5.33. The van der Waals surface area contributed by atoms with Crippen LogP contribution in [-0.4, -0.2) is 38.1 Å². The van der Waals surface area contributed by atoms with Crippen LogP contribution in [0.3, 0.4) is 0 Å². The largest absolute Gasteiger partial charge is 0.447 e. The summed E-state index contributed by atoms with van der Waals surface area (Å²) in [5, 5.41) is 9.37. The molecule has 39 heavy (non-hydrogen) atoms. The van der Waals surface area contributed by atoms with Crippen molar-refractivity contribution in [2.75, 3.05) is 24.2 Å². The summed E-state index contributed by atoms with van der Waals surface area (Å²) in [6.07, 6.45) is -12.3. The molecule has 4 rings (SSSR count). The minimum Gasteiger partial charge on any atom is -0.428 e. The van der Waals surface area contributed by atoms with Gasteiger partial charge in [0.15, 0.2) is 0 Å². The average molecular weight is 624 g/mol. The van der Waals surface area contributed by atoms with Gasteiger partial charge in [-0.2, -0.15) is 26.3 Å². The predicted octanol–water partition coefficient (Wildman–Crippen LogP) is 7.23. The summed E-state index contributed by atoms with van der Waals surface area (Å²) >= 11 is 11.4. The lowest BCUT2D eigenvalue weighted by Crippen LogP contribution is -2.58. The van der Waals surface area contributed by atoms with Gasteiger partial charge in [0.1, 0.15) is 0 Å². The second kappa shape index (κ2) is 11.4. The van der Waals surface area contributed by atoms with E-state index < -0.39 is 48.0 Å². The molecule has 0 aliphatic carbocycles. The zero-order valence-electron chi connectivity index (χ0n) is 19.1. The summed E-state index contributed by atoms with van der Waals surface area (Å²) < 4.78 is 88.5. The number of ether oxygens (including phenoxy) is 2. The molecule has 0 fully saturated rings. The van der Waals surface area contributed by atoms with Crippen LogP contribution in [0.4, 0.5) is 47.3 Å². The summed E-state index contributed by atoms with van der Waals surface area (Å²) in [4.78, 5) is 24.8. The Morgan fingerprint density at radius 2 is 1.41 bits per heavy atom. The first-order valence-corrected chi connectivity index (χ1v) is 10.8. The van der Waals surface area contributed by atoms with Crippen LogP contribution in [0.5, 0.6) is 0 Å². The molecule has 2 amide bonds. The summed E-state index contributed by atoms with van der Waals surface area (Å²) in [6, 6.07) is 7.31. The van der Waals surface area contributed by atoms with Gasteiger partial charge in [0, 0.05) is 26.1 Å². The van der Waals surface area contributed by atoms with Gasteiger partial charge in [0.2, 0.25) is 5.60 Å². The lowest BCUT2D eigenvalue weighted by Gasteiger charge is -2.39. The number of azide groups is 1. The molecular weight excluding hydrogens is 609 g/mol. The molecule has 2 atom stereocenters. The summed E-state index contributed by atoms with van der Waals surface area (Å²) in [7, 11) is 1.05. The molecule has 10 nitrogen and oxygen atoms in total. The molecule has 3 N–H and O–H groups in total. The maximum Gasteiger partial charge on any atom is 0.447 e. The van der Waals surface area contributed by atoms with E-state index in [1.165, 1.54) is 24.3 Å². The van der Waals surface area contributed by atoms with E-state index in [1.807, 2.05) is 5.32 Å². The van der Waals surface area contributed by atoms with Crippen molar-refractivity contribution in [1.29, 1.82) is 0 Å². The van der Waals surface area contributed by atoms with Crippen molar-refractivity contribution in [1.82, 2.24) is 5.32 Å². The van der Waals surface area contributed by atoms with Gasteiger partial charge in [-0.1, -0.05) is 28.3 Å². The molecule has 2 unspecified atom stereocenters. The fourth-order valence-electron chi connectivity index (χ4n) is 3.64. The minimum absolute atomic E-state index is 0. The standard InChI is InChI=1S/C10H6ClF3N4O2.C10H8ClF3N2O2.ClH/c11-5-1-2-7-6(3-5)9(4-16-18-15,10(12,13)14)20-8(19)17-7;1-15-9(10(12,13)14)6-4-5(11)2-3-7(6)16-8(17)18-9;/h1-3H,4H2,(H,17,19);2-4,15H,1H3,(H,16,17);1H. The molecule has 19 heteroatoms. The number of benzene rings is 2. The molecule has 0 spiro atoms. The molecule has 2 aliphatic heterocycles. The first-order chi connectivity index (χ1) is 17.6. The van der Waals surface area contributed by atoms with Gasteiger partial charge in [0.05, 0.1) is 17.9 Å². The number of carbonyl (C=O) groups is 2. The molecule has 0 aromatic heterocycles. The van der Waals surface area contributed by atoms with Crippen LogP contribution in [0.25, 0.3) is 10.4 Å². The maximum absolute atomic E-state index is 13.4. The number of carbonyl (C=O) groups excluding carboxylic acids is 2. The van der Waals surface area contributed by atoms with E-state index in [2.05, 4.69) is 30.1 Å². The highest BCUT2D eigenvalue weighted by Gasteiger charge is 2.63. The average Bonchev–Trinajstić information content (AvgIpc) is 2.81. The third kappa shape index (κ3) is 5.99. The fourth-order valence-corrected chi connectivity index (χ4v) is 3.99. The fraction of sp³-hybridized carbons (Fsp3) is 0.300. The first kappa shape index (κ1) is 31.9. The number of rotatable bonds is 3. The van der Waals surface area contributed by atoms with Crippen molar-refractivity contribution in [3.8, 4) is 0 Å². The zero-order valence-corrected chi connectivity index (χ0v) is 21.4. The third-order valence-corrected chi connectivity index (χ3v) is 5.80. The topological polar surface area (TPSA) is 137 Å². The lowest BCUT2D eigenvalue weighted by molar-refractivity contribution is -0.275. The summed E-state index contributed by atoms with van der Waals surface area (Å²) in [5.74, 6) is 0. The van der Waals surface area contributed by atoms with Crippen LogP contribution in [0.2, 0.25) is 10.0 Å². The Hall–Kier alpha value is -3.30. The number of alkyl halides is 6. The van der Waals surface area contributed by atoms with Crippen molar-refractivity contribution in [3.05, 3.63) is 68.0 Å². The molecule has 212 valence electrons. The molecule has 0 saturated carbocycles. The number of nitrogens with one attached hydrogen (secondary N) is 3. The van der Waals surface area contributed by atoms with Crippen LogP contribution in [-0.2, 0) is 20.8 Å². The van der Waals surface area contributed by atoms with Crippen molar-refractivity contribution < 1.29 is 45.4 Å². The lowest BCUT2D eigenvalue weighted by atomic mass is 9.90. The second-order valence-electron chi connectivity index (χ2n) is 7.55. The molecular formula is C20H15Cl3F6N6O4. The Bertz CT molecular complexity index is 1320. The number of amides is 2. The van der Waals surface area contributed by atoms with E-state index in [1.54, 1.807) is 0 Å². The number of hydrogen-bond acceptors (Lipinski definition) is 6. The van der Waals surface area contributed by atoms with E-state index in [0.717, 1.165) is 19.2 Å². The number of nitrogens with zero attached hydrogens (tertiary/aromatic N) is 3. The van der Waals surface area contributed by atoms with Crippen LogP contribution in [0, 0.1) is 0 Å². The number of fused-ring (bicyclic) bond motifs is 2. The van der Waals surface area contributed by atoms with E-state index in [0.29, 0.717) is 0 Å². The van der Waals surface area contributed by atoms with Crippen LogP contribution < -0.4 is 16.0 Å². The summed E-state index contributed by atoms with van der Waals surface area (Å²) in [5.41, 5.74) is 1.51. The quantitative estimate of drug-likeness (QED) is 0.143. The van der Waals surface area contributed by atoms with Gasteiger partial charge in [-0.05, 0) is 49.0 Å². The Balaban J connectivity index is 0.000000268. The van der Waals surface area contributed by atoms with E-state index in [9.17, 15) is 35.9 Å². The smallest absolute Gasteiger partial charge is 0.428 e. The van der Waals surface area contributed by atoms with Gasteiger partial charge in [-0.3, -0.25) is 16.0 Å². The monoisotopic (exact) mass is 622 g/mol. The molecule has 0 radical (unpaired) electrons. The Kier molecular flexibility index (Phi) is 9.36. The van der Waals surface area contributed by atoms with Gasteiger partial charge in [0.25, 0.3) is 5.72 Å². The normalized spacial score (nSPS) is 21.6. The Labute approximate surface area is 230 Å². The van der Waals surface area contributed by atoms with E-state index >= 15 is 0 Å². The maximum atomic E-state index is 13.4. The van der Waals surface area contributed by atoms with Crippen LogP contribution in [0.1, 0.15) is 11.1 Å². The Morgan fingerprint density at radius 1 is 0.923 bits per heavy atom. The van der Waals surface area contributed by atoms with Gasteiger partial charge in [-0.15, -0.1) is 12.4 Å². The number of hydrogen-bond donors (Lipinski definition) is 3. The second-order valence-corrected chi connectivity index (χ2v) is 8.42. The number of anilines is 2. The van der Waals surface area contributed by atoms with Crippen LogP contribution >= 0.6 is 35.6 Å². The number of cyclic esters (lactones) is 2. The van der Waals surface area contributed by atoms with Crippen LogP contribution in [0.15, 0.2) is 41.5 Å². The van der Waals surface area contributed by atoms with E-state index in [4.69, 9.17) is 28.7 Å². The highest BCUT2D eigenvalue weighted by Crippen LogP contribution is 2.49. The van der Waals surface area contributed by atoms with Gasteiger partial charge < -0.3 is 9.47 Å². The SMILES string of the molecule is CNC1(C(F)(F)F)OC(=O)Nc2ccc(Cl)cc21.Cl.[N-]=[N+]=NCC1(C(F)(F)F)OC(=O)Nc2ccc(Cl)cc21. The van der Waals surface area contributed by atoms with Crippen molar-refractivity contribution >= 4 is 59.2 Å². The highest BCUT2D eigenvalue weighted by molar-refractivity contribution is 6.31. The van der Waals surface area contributed by atoms with Gasteiger partial charge in [-0.25, -0.2) is 9.59 Å². The van der Waals surface area contributed by atoms with Gasteiger partial charge >= 0.3 is 24.5 Å². The molecule has 2 aromatic carbocycles. The van der Waals surface area contributed by atoms with Crippen molar-refractivity contribution in [2.45, 2.75) is 23.7 Å². The van der Waals surface area contributed by atoms with Crippen molar-refractivity contribution in [3.63, 3.8) is 0 Å². The molecule has 2 heterocycles. The minimum atomic E-state index is -4.97. The molecule has 2 aromatic rings. The molecule has 0 bridgehead atoms. The van der Waals surface area contributed by atoms with E-state index in [-0.39, 0.29) is 39.4 Å². The Morgan fingerprint density at radius 3 is 1.87 bits per heavy atom. The first-order valence-electron chi connectivity index (χ1n) is 10.0. The molecule has 2 aliphatic rings. The highest BCUT2D eigenvalue weighted by atomic mass is 35.5. The molecule has 0 saturated heterocycles. The summed E-state index contributed by atoms with van der Waals surface area (Å²) in [6.45, 7) is -1.12. The van der Waals surface area contributed by atoms with Crippen molar-refractivity contribution in [2.24, 2.45) is 5.11 Å².